The number of aromatic carboxylic acids is 1. The predicted octanol–water partition coefficient (Wildman–Crippen LogP) is 6.22. The Morgan fingerprint density at radius 2 is 1.58 bits per heavy atom. The summed E-state index contributed by atoms with van der Waals surface area (Å²) in [6.07, 6.45) is 1.68. The van der Waals surface area contributed by atoms with E-state index in [1.165, 1.54) is 0 Å². The lowest BCUT2D eigenvalue weighted by atomic mass is 10.0. The maximum Gasteiger partial charge on any atom is 0.337 e. The fourth-order valence-corrected chi connectivity index (χ4v) is 3.04. The van der Waals surface area contributed by atoms with Crippen LogP contribution in [-0.2, 0) is 12.8 Å². The molecule has 3 nitrogen and oxygen atoms in total. The first-order chi connectivity index (χ1) is 12.5. The summed E-state index contributed by atoms with van der Waals surface area (Å²) in [7, 11) is 0. The largest absolute Gasteiger partial charge is 0.478 e. The van der Waals surface area contributed by atoms with Crippen molar-refractivity contribution in [2.75, 3.05) is 5.32 Å². The molecule has 3 aromatic rings. The lowest BCUT2D eigenvalue weighted by Crippen LogP contribution is -2.02. The van der Waals surface area contributed by atoms with Crippen LogP contribution in [0.15, 0.2) is 66.7 Å². The molecule has 0 aliphatic carbocycles. The second-order valence-electron chi connectivity index (χ2n) is 5.92. The van der Waals surface area contributed by atoms with E-state index in [4.69, 9.17) is 23.2 Å². The number of para-hydroxylation sites is 1. The summed E-state index contributed by atoms with van der Waals surface area (Å²) in [5, 5.41) is 13.6. The number of hydrogen-bond acceptors (Lipinski definition) is 2. The molecular weight excluding hydrogens is 369 g/mol. The lowest BCUT2D eigenvalue weighted by molar-refractivity contribution is 0.0698. The number of hydrogen-bond donors (Lipinski definition) is 2. The average molecular weight is 386 g/mol. The van der Waals surface area contributed by atoms with E-state index in [9.17, 15) is 9.90 Å². The zero-order valence-electron chi connectivity index (χ0n) is 13.9. The smallest absolute Gasteiger partial charge is 0.337 e. The molecule has 0 heterocycles. The van der Waals surface area contributed by atoms with Gasteiger partial charge < -0.3 is 10.4 Å². The summed E-state index contributed by atoms with van der Waals surface area (Å²) in [6.45, 7) is 0. The van der Waals surface area contributed by atoms with Crippen molar-refractivity contribution in [2.24, 2.45) is 0 Å². The minimum atomic E-state index is -0.955. The number of carboxylic acids is 1. The molecular formula is C21H17Cl2NO2. The number of benzene rings is 3. The predicted molar refractivity (Wildman–Crippen MR) is 107 cm³/mol. The Morgan fingerprint density at radius 3 is 2.31 bits per heavy atom. The average Bonchev–Trinajstić information content (AvgIpc) is 2.63. The second-order valence-corrected chi connectivity index (χ2v) is 6.74. The summed E-state index contributed by atoms with van der Waals surface area (Å²) in [5.41, 5.74) is 3.93. The van der Waals surface area contributed by atoms with Gasteiger partial charge in [0.05, 0.1) is 21.3 Å². The van der Waals surface area contributed by atoms with Crippen molar-refractivity contribution in [2.45, 2.75) is 12.8 Å². The second kappa shape index (κ2) is 8.26. The van der Waals surface area contributed by atoms with Gasteiger partial charge in [0.1, 0.15) is 0 Å². The van der Waals surface area contributed by atoms with E-state index < -0.39 is 5.97 Å². The maximum absolute atomic E-state index is 11.3. The van der Waals surface area contributed by atoms with Gasteiger partial charge in [-0.2, -0.15) is 0 Å². The van der Waals surface area contributed by atoms with Gasteiger partial charge in [-0.3, -0.25) is 0 Å². The topological polar surface area (TPSA) is 49.3 Å². The minimum absolute atomic E-state index is 0.244. The summed E-state index contributed by atoms with van der Waals surface area (Å²) >= 11 is 12.0. The van der Waals surface area contributed by atoms with Crippen LogP contribution in [0.5, 0.6) is 0 Å². The van der Waals surface area contributed by atoms with Gasteiger partial charge in [-0.15, -0.1) is 0 Å². The highest BCUT2D eigenvalue weighted by Crippen LogP contribution is 2.24. The van der Waals surface area contributed by atoms with Crippen molar-refractivity contribution in [1.29, 1.82) is 0 Å². The van der Waals surface area contributed by atoms with Crippen LogP contribution in [-0.4, -0.2) is 11.1 Å². The molecule has 0 aliphatic heterocycles. The third-order valence-electron chi connectivity index (χ3n) is 4.05. The number of carbonyl (C=O) groups is 1. The zero-order chi connectivity index (χ0) is 18.5. The molecule has 0 bridgehead atoms. The van der Waals surface area contributed by atoms with Crippen molar-refractivity contribution >= 4 is 40.5 Å². The Balaban J connectivity index is 1.72. The van der Waals surface area contributed by atoms with Crippen LogP contribution in [0.3, 0.4) is 0 Å². The Hall–Kier alpha value is -2.49. The summed E-state index contributed by atoms with van der Waals surface area (Å²) in [6, 6.07) is 20.5. The third kappa shape index (κ3) is 4.57. The first-order valence-corrected chi connectivity index (χ1v) is 8.91. The van der Waals surface area contributed by atoms with Crippen LogP contribution in [0.1, 0.15) is 21.5 Å². The Morgan fingerprint density at radius 1 is 0.846 bits per heavy atom. The number of rotatable bonds is 6. The van der Waals surface area contributed by atoms with Crippen molar-refractivity contribution in [3.8, 4) is 0 Å². The fraction of sp³-hybridized carbons (Fsp3) is 0.0952. The van der Waals surface area contributed by atoms with Gasteiger partial charge in [-0.1, -0.05) is 53.5 Å². The molecule has 0 aromatic heterocycles. The lowest BCUT2D eigenvalue weighted by Gasteiger charge is -2.11. The summed E-state index contributed by atoms with van der Waals surface area (Å²) in [5.74, 6) is -0.955. The van der Waals surface area contributed by atoms with E-state index in [-0.39, 0.29) is 5.56 Å². The van der Waals surface area contributed by atoms with Gasteiger partial charge in [-0.25, -0.2) is 4.79 Å². The maximum atomic E-state index is 11.3. The van der Waals surface area contributed by atoms with Gasteiger partial charge >= 0.3 is 5.97 Å². The Labute approximate surface area is 162 Å². The van der Waals surface area contributed by atoms with Crippen molar-refractivity contribution < 1.29 is 9.90 Å². The third-order valence-corrected chi connectivity index (χ3v) is 4.79. The van der Waals surface area contributed by atoms with Gasteiger partial charge in [0.25, 0.3) is 0 Å². The zero-order valence-corrected chi connectivity index (χ0v) is 15.4. The number of halogens is 2. The monoisotopic (exact) mass is 385 g/mol. The van der Waals surface area contributed by atoms with Gasteiger partial charge in [0.2, 0.25) is 0 Å². The van der Waals surface area contributed by atoms with Crippen molar-refractivity contribution in [3.63, 3.8) is 0 Å². The van der Waals surface area contributed by atoms with Gasteiger partial charge in [0.15, 0.2) is 0 Å². The molecule has 0 radical (unpaired) electrons. The van der Waals surface area contributed by atoms with E-state index in [1.54, 1.807) is 24.3 Å². The SMILES string of the molecule is O=C(O)c1ccccc1Nc1cccc(CCc2ccc(Cl)c(Cl)c2)c1. The van der Waals surface area contributed by atoms with Gasteiger partial charge in [0, 0.05) is 5.69 Å². The van der Waals surface area contributed by atoms with Crippen LogP contribution in [0.4, 0.5) is 11.4 Å². The highest BCUT2D eigenvalue weighted by Gasteiger charge is 2.09. The highest BCUT2D eigenvalue weighted by atomic mass is 35.5. The van der Waals surface area contributed by atoms with E-state index in [2.05, 4.69) is 5.32 Å². The quantitative estimate of drug-likeness (QED) is 0.529. The summed E-state index contributed by atoms with van der Waals surface area (Å²) in [4.78, 5) is 11.3. The van der Waals surface area contributed by atoms with Crippen LogP contribution >= 0.6 is 23.2 Å². The summed E-state index contributed by atoms with van der Waals surface area (Å²) < 4.78 is 0. The standard InChI is InChI=1S/C21H17Cl2NO2/c22-18-11-10-15(13-19(18)23)9-8-14-4-3-5-16(12-14)24-20-7-2-1-6-17(20)21(25)26/h1-7,10-13,24H,8-9H2,(H,25,26). The van der Waals surface area contributed by atoms with Crippen LogP contribution in [0.25, 0.3) is 0 Å². The normalized spacial score (nSPS) is 10.5. The molecule has 26 heavy (non-hydrogen) atoms. The Bertz CT molecular complexity index is 941. The molecule has 3 rings (SSSR count). The van der Waals surface area contributed by atoms with Crippen molar-refractivity contribution in [1.82, 2.24) is 0 Å². The fourth-order valence-electron chi connectivity index (χ4n) is 2.72. The van der Waals surface area contributed by atoms with Crippen molar-refractivity contribution in [3.05, 3.63) is 93.5 Å². The molecule has 2 N–H and O–H groups in total. The molecule has 0 fully saturated rings. The highest BCUT2D eigenvalue weighted by molar-refractivity contribution is 6.42. The van der Waals surface area contributed by atoms with Crippen LogP contribution < -0.4 is 5.32 Å². The van der Waals surface area contributed by atoms with Gasteiger partial charge in [-0.05, 0) is 60.4 Å². The Kier molecular flexibility index (Phi) is 5.82. The first-order valence-electron chi connectivity index (χ1n) is 8.15. The first kappa shape index (κ1) is 18.3. The molecule has 3 aromatic carbocycles. The number of anilines is 2. The molecule has 0 amide bonds. The molecule has 5 heteroatoms. The van der Waals surface area contributed by atoms with E-state index in [0.29, 0.717) is 15.7 Å². The molecule has 0 spiro atoms. The number of nitrogens with one attached hydrogen (secondary N) is 1. The minimum Gasteiger partial charge on any atom is -0.478 e. The molecule has 0 saturated heterocycles. The molecule has 0 saturated carbocycles. The molecule has 0 unspecified atom stereocenters. The van der Waals surface area contributed by atoms with Crippen LogP contribution in [0.2, 0.25) is 10.0 Å². The number of carboxylic acid groups (broad SMARTS) is 1. The van der Waals surface area contributed by atoms with E-state index >= 15 is 0 Å². The molecule has 0 aliphatic rings. The molecule has 132 valence electrons. The van der Waals surface area contributed by atoms with E-state index in [0.717, 1.165) is 29.7 Å². The van der Waals surface area contributed by atoms with E-state index in [1.807, 2.05) is 42.5 Å². The number of aryl methyl sites for hydroxylation is 2. The van der Waals surface area contributed by atoms with Crippen LogP contribution in [0, 0.1) is 0 Å². The molecule has 0 atom stereocenters.